The number of fused-ring (bicyclic) bond motifs is 1. The highest BCUT2D eigenvalue weighted by Crippen LogP contribution is 2.33. The van der Waals surface area contributed by atoms with E-state index in [-0.39, 0.29) is 5.75 Å². The number of hydrogen-bond donors (Lipinski definition) is 1. The normalized spacial score (nSPS) is 13.5. The third-order valence-electron chi connectivity index (χ3n) is 2.94. The van der Waals surface area contributed by atoms with Crippen LogP contribution in [0.25, 0.3) is 11.6 Å². The van der Waals surface area contributed by atoms with Gasteiger partial charge in [-0.2, -0.15) is 0 Å². The summed E-state index contributed by atoms with van der Waals surface area (Å²) in [6.45, 7) is 0.371. The predicted molar refractivity (Wildman–Crippen MR) is 67.9 cm³/mol. The molecule has 18 heavy (non-hydrogen) atoms. The molecule has 90 valence electrons. The van der Waals surface area contributed by atoms with Crippen LogP contribution < -0.4 is 4.74 Å². The Morgan fingerprint density at radius 3 is 2.78 bits per heavy atom. The highest BCUT2D eigenvalue weighted by atomic mass is 19.1. The average molecular weight is 242 g/mol. The second-order valence-corrected chi connectivity index (χ2v) is 4.16. The number of halogens is 1. The Morgan fingerprint density at radius 2 is 1.94 bits per heavy atom. The summed E-state index contributed by atoms with van der Waals surface area (Å²) in [4.78, 5) is 0. The fourth-order valence-electron chi connectivity index (χ4n) is 2.05. The maximum absolute atomic E-state index is 12.9. The lowest BCUT2D eigenvalue weighted by Gasteiger charge is -2.18. The van der Waals surface area contributed by atoms with E-state index in [0.29, 0.717) is 12.2 Å². The van der Waals surface area contributed by atoms with Gasteiger partial charge in [0.25, 0.3) is 0 Å². The molecule has 0 saturated carbocycles. The topological polar surface area (TPSA) is 29.5 Å². The molecule has 1 N–H and O–H groups in total. The van der Waals surface area contributed by atoms with Crippen LogP contribution in [0.1, 0.15) is 11.1 Å². The van der Waals surface area contributed by atoms with Crippen molar-refractivity contribution in [3.05, 3.63) is 59.4 Å². The summed E-state index contributed by atoms with van der Waals surface area (Å²) < 4.78 is 18.5. The highest BCUT2D eigenvalue weighted by Gasteiger charge is 2.15. The minimum Gasteiger partial charge on any atom is -0.507 e. The third kappa shape index (κ3) is 1.84. The van der Waals surface area contributed by atoms with Crippen molar-refractivity contribution < 1.29 is 14.2 Å². The standard InChI is InChI=1S/C15H11FO2/c16-12-5-6-13(14(17)8-12)11-7-10-3-1-2-4-15(10)18-9-11/h1-8,17H,9H2. The van der Waals surface area contributed by atoms with Gasteiger partial charge in [0.15, 0.2) is 0 Å². The zero-order chi connectivity index (χ0) is 12.5. The van der Waals surface area contributed by atoms with Crippen molar-refractivity contribution in [3.63, 3.8) is 0 Å². The maximum Gasteiger partial charge on any atom is 0.127 e. The minimum atomic E-state index is -0.450. The Balaban J connectivity index is 2.06. The predicted octanol–water partition coefficient (Wildman–Crippen LogP) is 3.46. The number of hydrogen-bond acceptors (Lipinski definition) is 2. The van der Waals surface area contributed by atoms with Crippen molar-refractivity contribution in [3.8, 4) is 11.5 Å². The van der Waals surface area contributed by atoms with Crippen LogP contribution in [0.5, 0.6) is 11.5 Å². The van der Waals surface area contributed by atoms with Gasteiger partial charge in [-0.3, -0.25) is 0 Å². The molecule has 0 radical (unpaired) electrons. The second-order valence-electron chi connectivity index (χ2n) is 4.16. The third-order valence-corrected chi connectivity index (χ3v) is 2.94. The van der Waals surface area contributed by atoms with Crippen LogP contribution in [-0.2, 0) is 0 Å². The Kier molecular flexibility index (Phi) is 2.52. The molecule has 0 unspecified atom stereocenters. The second kappa shape index (κ2) is 4.18. The summed E-state index contributed by atoms with van der Waals surface area (Å²) in [5, 5.41) is 9.76. The molecule has 2 nitrogen and oxygen atoms in total. The number of phenols is 1. The molecule has 0 amide bonds. The van der Waals surface area contributed by atoms with Gasteiger partial charge in [0.05, 0.1) is 0 Å². The van der Waals surface area contributed by atoms with Gasteiger partial charge in [-0.25, -0.2) is 4.39 Å². The quantitative estimate of drug-likeness (QED) is 0.829. The van der Waals surface area contributed by atoms with E-state index in [1.165, 1.54) is 6.07 Å². The van der Waals surface area contributed by atoms with E-state index in [4.69, 9.17) is 4.74 Å². The van der Waals surface area contributed by atoms with Crippen LogP contribution in [-0.4, -0.2) is 11.7 Å². The fraction of sp³-hybridized carbons (Fsp3) is 0.0667. The number of aromatic hydroxyl groups is 1. The zero-order valence-corrected chi connectivity index (χ0v) is 9.56. The van der Waals surface area contributed by atoms with Gasteiger partial charge in [-0.05, 0) is 24.3 Å². The molecule has 2 aromatic rings. The van der Waals surface area contributed by atoms with E-state index >= 15 is 0 Å². The molecule has 3 heteroatoms. The van der Waals surface area contributed by atoms with Crippen molar-refractivity contribution in [1.29, 1.82) is 0 Å². The molecule has 0 fully saturated rings. The Labute approximate surface area is 104 Å². The van der Waals surface area contributed by atoms with Crippen LogP contribution in [0.15, 0.2) is 42.5 Å². The Morgan fingerprint density at radius 1 is 1.11 bits per heavy atom. The van der Waals surface area contributed by atoms with Crippen molar-refractivity contribution in [2.75, 3.05) is 6.61 Å². The fourth-order valence-corrected chi connectivity index (χ4v) is 2.05. The number of para-hydroxylation sites is 1. The van der Waals surface area contributed by atoms with Gasteiger partial charge in [0.2, 0.25) is 0 Å². The lowest BCUT2D eigenvalue weighted by molar-refractivity contribution is 0.364. The molecule has 0 saturated heterocycles. The van der Waals surface area contributed by atoms with Gasteiger partial charge in [-0.15, -0.1) is 0 Å². The van der Waals surface area contributed by atoms with E-state index in [1.807, 2.05) is 30.3 Å². The first-order valence-electron chi connectivity index (χ1n) is 5.65. The molecule has 0 aliphatic carbocycles. The minimum absolute atomic E-state index is 0.0655. The first kappa shape index (κ1) is 10.8. The lowest BCUT2D eigenvalue weighted by atomic mass is 10.00. The van der Waals surface area contributed by atoms with E-state index in [1.54, 1.807) is 6.07 Å². The summed E-state index contributed by atoms with van der Waals surface area (Å²) in [6.07, 6.45) is 1.95. The molecular weight excluding hydrogens is 231 g/mol. The molecule has 0 atom stereocenters. The van der Waals surface area contributed by atoms with Gasteiger partial charge >= 0.3 is 0 Å². The zero-order valence-electron chi connectivity index (χ0n) is 9.56. The monoisotopic (exact) mass is 242 g/mol. The Hall–Kier alpha value is -2.29. The summed E-state index contributed by atoms with van der Waals surface area (Å²) in [5.74, 6) is 0.307. The largest absolute Gasteiger partial charge is 0.507 e. The summed E-state index contributed by atoms with van der Waals surface area (Å²) in [5.41, 5.74) is 2.40. The van der Waals surface area contributed by atoms with E-state index in [0.717, 1.165) is 23.0 Å². The smallest absolute Gasteiger partial charge is 0.127 e. The van der Waals surface area contributed by atoms with Gasteiger partial charge in [-0.1, -0.05) is 18.2 Å². The molecule has 3 rings (SSSR count). The molecule has 1 heterocycles. The first-order valence-corrected chi connectivity index (χ1v) is 5.65. The van der Waals surface area contributed by atoms with Crippen molar-refractivity contribution in [1.82, 2.24) is 0 Å². The molecule has 0 aromatic heterocycles. The van der Waals surface area contributed by atoms with Crippen LogP contribution in [0.3, 0.4) is 0 Å². The summed E-state index contributed by atoms with van der Waals surface area (Å²) >= 11 is 0. The SMILES string of the molecule is Oc1cc(F)ccc1C1=Cc2ccccc2OC1. The maximum atomic E-state index is 12.9. The number of ether oxygens (including phenoxy) is 1. The van der Waals surface area contributed by atoms with Crippen LogP contribution in [0.2, 0.25) is 0 Å². The van der Waals surface area contributed by atoms with E-state index < -0.39 is 5.82 Å². The average Bonchev–Trinajstić information content (AvgIpc) is 2.38. The number of phenolic OH excluding ortho intramolecular Hbond substituents is 1. The van der Waals surface area contributed by atoms with E-state index in [2.05, 4.69) is 0 Å². The molecule has 0 bridgehead atoms. The molecule has 2 aromatic carbocycles. The van der Waals surface area contributed by atoms with Crippen molar-refractivity contribution >= 4 is 11.6 Å². The van der Waals surface area contributed by atoms with Gasteiger partial charge in [0, 0.05) is 22.8 Å². The molecule has 0 spiro atoms. The van der Waals surface area contributed by atoms with Crippen LogP contribution >= 0.6 is 0 Å². The summed E-state index contributed by atoms with van der Waals surface area (Å²) in [7, 11) is 0. The van der Waals surface area contributed by atoms with E-state index in [9.17, 15) is 9.50 Å². The highest BCUT2D eigenvalue weighted by molar-refractivity contribution is 5.87. The van der Waals surface area contributed by atoms with Gasteiger partial charge < -0.3 is 9.84 Å². The van der Waals surface area contributed by atoms with Crippen molar-refractivity contribution in [2.45, 2.75) is 0 Å². The first-order chi connectivity index (χ1) is 8.74. The number of benzene rings is 2. The lowest BCUT2D eigenvalue weighted by Crippen LogP contribution is -2.06. The van der Waals surface area contributed by atoms with Crippen LogP contribution in [0, 0.1) is 5.82 Å². The molecule has 1 aliphatic rings. The Bertz CT molecular complexity index is 632. The van der Waals surface area contributed by atoms with Crippen molar-refractivity contribution in [2.24, 2.45) is 0 Å². The van der Waals surface area contributed by atoms with Gasteiger partial charge in [0.1, 0.15) is 23.9 Å². The van der Waals surface area contributed by atoms with Crippen LogP contribution in [0.4, 0.5) is 4.39 Å². The summed E-state index contributed by atoms with van der Waals surface area (Å²) in [6, 6.07) is 11.7. The molecular formula is C15H11FO2. The number of rotatable bonds is 1. The molecule has 1 aliphatic heterocycles.